The van der Waals surface area contributed by atoms with Gasteiger partial charge in [0.25, 0.3) is 0 Å². The summed E-state index contributed by atoms with van der Waals surface area (Å²) in [5, 5.41) is 3.18. The van der Waals surface area contributed by atoms with Crippen molar-refractivity contribution in [3.8, 4) is 0 Å². The van der Waals surface area contributed by atoms with Gasteiger partial charge in [0.2, 0.25) is 10.0 Å². The maximum Gasteiger partial charge on any atom is 0.246 e. The molecule has 1 unspecified atom stereocenters. The summed E-state index contributed by atoms with van der Waals surface area (Å²) in [6, 6.07) is 3.46. The molecule has 1 aromatic rings. The summed E-state index contributed by atoms with van der Waals surface area (Å²) >= 11 is 5.77. The lowest BCUT2D eigenvalue weighted by molar-refractivity contribution is 0.377. The Morgan fingerprint density at radius 1 is 1.53 bits per heavy atom. The van der Waals surface area contributed by atoms with Crippen LogP contribution in [-0.2, 0) is 10.0 Å². The number of nitrogens with one attached hydrogen (secondary N) is 1. The number of rotatable bonds is 4. The molecule has 0 saturated carbocycles. The number of likely N-dealkylation sites (N-methyl/N-ethyl adjacent to an activating group) is 1. The van der Waals surface area contributed by atoms with Crippen LogP contribution in [0.25, 0.3) is 0 Å². The summed E-state index contributed by atoms with van der Waals surface area (Å²) in [6.07, 6.45) is 1.57. The van der Waals surface area contributed by atoms with E-state index < -0.39 is 15.8 Å². The third-order valence-electron chi connectivity index (χ3n) is 3.24. The Balaban J connectivity index is 2.39. The SMILES string of the molecule is CNCC1CCCN1S(=O)(=O)c1cc(Cl)ccc1F. The van der Waals surface area contributed by atoms with E-state index in [-0.39, 0.29) is 16.0 Å². The van der Waals surface area contributed by atoms with Gasteiger partial charge in [0, 0.05) is 24.2 Å². The van der Waals surface area contributed by atoms with Crippen molar-refractivity contribution in [3.63, 3.8) is 0 Å². The minimum Gasteiger partial charge on any atom is -0.318 e. The van der Waals surface area contributed by atoms with Gasteiger partial charge in [-0.25, -0.2) is 12.8 Å². The van der Waals surface area contributed by atoms with Crippen LogP contribution in [0, 0.1) is 5.82 Å². The minimum atomic E-state index is -3.83. The zero-order valence-electron chi connectivity index (χ0n) is 10.6. The number of hydrogen-bond acceptors (Lipinski definition) is 3. The molecule has 1 N–H and O–H groups in total. The second-order valence-electron chi connectivity index (χ2n) is 4.54. The van der Waals surface area contributed by atoms with Crippen LogP contribution in [-0.4, -0.2) is 38.9 Å². The van der Waals surface area contributed by atoms with Crippen molar-refractivity contribution in [1.29, 1.82) is 0 Å². The largest absolute Gasteiger partial charge is 0.318 e. The highest BCUT2D eigenvalue weighted by Gasteiger charge is 2.36. The summed E-state index contributed by atoms with van der Waals surface area (Å²) in [7, 11) is -2.06. The van der Waals surface area contributed by atoms with Gasteiger partial charge < -0.3 is 5.32 Å². The van der Waals surface area contributed by atoms with E-state index in [1.54, 1.807) is 7.05 Å². The van der Waals surface area contributed by atoms with E-state index in [0.717, 1.165) is 18.9 Å². The molecule has 2 rings (SSSR count). The van der Waals surface area contributed by atoms with E-state index in [4.69, 9.17) is 11.6 Å². The molecule has 19 heavy (non-hydrogen) atoms. The summed E-state index contributed by atoms with van der Waals surface area (Å²) in [6.45, 7) is 0.974. The minimum absolute atomic E-state index is 0.131. The average Bonchev–Trinajstić information content (AvgIpc) is 2.81. The van der Waals surface area contributed by atoms with E-state index in [1.807, 2.05) is 0 Å². The first-order valence-corrected chi connectivity index (χ1v) is 7.90. The Labute approximate surface area is 117 Å². The van der Waals surface area contributed by atoms with Crippen LogP contribution in [0.5, 0.6) is 0 Å². The first kappa shape index (κ1) is 14.7. The molecule has 0 bridgehead atoms. The molecular formula is C12H16ClFN2O2S. The molecule has 0 radical (unpaired) electrons. The molecule has 0 amide bonds. The first-order valence-electron chi connectivity index (χ1n) is 6.08. The smallest absolute Gasteiger partial charge is 0.246 e. The Hall–Kier alpha value is -0.690. The third kappa shape index (κ3) is 2.91. The summed E-state index contributed by atoms with van der Waals surface area (Å²) < 4.78 is 40.1. The Kier molecular flexibility index (Phi) is 4.45. The number of nitrogens with zero attached hydrogens (tertiary/aromatic N) is 1. The van der Waals surface area contributed by atoms with Crippen molar-refractivity contribution in [2.45, 2.75) is 23.8 Å². The molecule has 4 nitrogen and oxygen atoms in total. The van der Waals surface area contributed by atoms with Gasteiger partial charge in [-0.05, 0) is 38.1 Å². The van der Waals surface area contributed by atoms with Gasteiger partial charge in [0.05, 0.1) is 0 Å². The first-order chi connectivity index (χ1) is 8.96. The highest BCUT2D eigenvalue weighted by molar-refractivity contribution is 7.89. The van der Waals surface area contributed by atoms with Crippen molar-refractivity contribution in [1.82, 2.24) is 9.62 Å². The summed E-state index contributed by atoms with van der Waals surface area (Å²) in [5.41, 5.74) is 0. The van der Waals surface area contributed by atoms with Crippen molar-refractivity contribution in [2.75, 3.05) is 20.1 Å². The highest BCUT2D eigenvalue weighted by atomic mass is 35.5. The maximum absolute atomic E-state index is 13.8. The lowest BCUT2D eigenvalue weighted by Crippen LogP contribution is -2.41. The fourth-order valence-corrected chi connectivity index (χ4v) is 4.39. The van der Waals surface area contributed by atoms with Crippen LogP contribution in [0.4, 0.5) is 4.39 Å². The van der Waals surface area contributed by atoms with Crippen LogP contribution in [0.3, 0.4) is 0 Å². The van der Waals surface area contributed by atoms with Gasteiger partial charge in [0.1, 0.15) is 10.7 Å². The molecule has 0 spiro atoms. The normalized spacial score (nSPS) is 20.9. The third-order valence-corrected chi connectivity index (χ3v) is 5.44. The van der Waals surface area contributed by atoms with Crippen molar-refractivity contribution in [3.05, 3.63) is 29.0 Å². The van der Waals surface area contributed by atoms with Gasteiger partial charge in [0.15, 0.2) is 0 Å². The van der Waals surface area contributed by atoms with E-state index >= 15 is 0 Å². The molecule has 7 heteroatoms. The molecule has 1 aromatic carbocycles. The van der Waals surface area contributed by atoms with E-state index in [0.29, 0.717) is 13.1 Å². The van der Waals surface area contributed by atoms with Crippen LogP contribution in [0.2, 0.25) is 5.02 Å². The monoisotopic (exact) mass is 306 g/mol. The molecule has 0 aliphatic carbocycles. The van der Waals surface area contributed by atoms with Gasteiger partial charge in [-0.2, -0.15) is 4.31 Å². The fraction of sp³-hybridized carbons (Fsp3) is 0.500. The number of halogens is 2. The molecule has 106 valence electrons. The molecule has 1 aliphatic heterocycles. The van der Waals surface area contributed by atoms with Gasteiger partial charge in [-0.15, -0.1) is 0 Å². The van der Waals surface area contributed by atoms with Crippen molar-refractivity contribution >= 4 is 21.6 Å². The standard InChI is InChI=1S/C12H16ClFN2O2S/c1-15-8-10-3-2-6-16(10)19(17,18)12-7-9(13)4-5-11(12)14/h4-5,7,10,15H,2-3,6,8H2,1H3. The molecular weight excluding hydrogens is 291 g/mol. The molecule has 1 saturated heterocycles. The zero-order chi connectivity index (χ0) is 14.0. The topological polar surface area (TPSA) is 49.4 Å². The predicted molar refractivity (Wildman–Crippen MR) is 72.3 cm³/mol. The molecule has 1 aliphatic rings. The molecule has 1 atom stereocenters. The van der Waals surface area contributed by atoms with Crippen LogP contribution in [0.1, 0.15) is 12.8 Å². The zero-order valence-corrected chi connectivity index (χ0v) is 12.1. The quantitative estimate of drug-likeness (QED) is 0.923. The number of sulfonamides is 1. The fourth-order valence-electron chi connectivity index (χ4n) is 2.37. The van der Waals surface area contributed by atoms with E-state index in [9.17, 15) is 12.8 Å². The predicted octanol–water partition coefficient (Wildman–Crippen LogP) is 1.85. The Bertz CT molecular complexity index is 565. The second kappa shape index (κ2) is 5.75. The van der Waals surface area contributed by atoms with Crippen molar-refractivity contribution in [2.24, 2.45) is 0 Å². The highest BCUT2D eigenvalue weighted by Crippen LogP contribution is 2.28. The van der Waals surface area contributed by atoms with E-state index in [1.165, 1.54) is 16.4 Å². The van der Waals surface area contributed by atoms with Gasteiger partial charge >= 0.3 is 0 Å². The van der Waals surface area contributed by atoms with Crippen LogP contribution in [0.15, 0.2) is 23.1 Å². The maximum atomic E-state index is 13.8. The molecule has 1 heterocycles. The van der Waals surface area contributed by atoms with Gasteiger partial charge in [-0.3, -0.25) is 0 Å². The van der Waals surface area contributed by atoms with Crippen molar-refractivity contribution < 1.29 is 12.8 Å². The lowest BCUT2D eigenvalue weighted by atomic mass is 10.2. The lowest BCUT2D eigenvalue weighted by Gasteiger charge is -2.24. The van der Waals surface area contributed by atoms with Gasteiger partial charge in [-0.1, -0.05) is 11.6 Å². The van der Waals surface area contributed by atoms with Crippen LogP contribution >= 0.6 is 11.6 Å². The number of benzene rings is 1. The summed E-state index contributed by atoms with van der Waals surface area (Å²) in [5.74, 6) is -0.764. The second-order valence-corrected chi connectivity index (χ2v) is 6.84. The molecule has 0 aromatic heterocycles. The molecule has 1 fully saturated rings. The summed E-state index contributed by atoms with van der Waals surface area (Å²) in [4.78, 5) is -0.344. The Morgan fingerprint density at radius 3 is 2.95 bits per heavy atom. The van der Waals surface area contributed by atoms with E-state index in [2.05, 4.69) is 5.32 Å². The van der Waals surface area contributed by atoms with Crippen LogP contribution < -0.4 is 5.32 Å². The number of hydrogen-bond donors (Lipinski definition) is 1. The Morgan fingerprint density at radius 2 is 2.26 bits per heavy atom. The average molecular weight is 307 g/mol.